The summed E-state index contributed by atoms with van der Waals surface area (Å²) in [4.78, 5) is 0.299. The highest BCUT2D eigenvalue weighted by molar-refractivity contribution is 7.89. The van der Waals surface area contributed by atoms with E-state index in [9.17, 15) is 8.42 Å². The number of rotatable bonds is 3. The average molecular weight is 299 g/mol. The molecule has 21 heavy (non-hydrogen) atoms. The molecule has 1 aliphatic carbocycles. The van der Waals surface area contributed by atoms with Crippen LogP contribution in [0.25, 0.3) is 6.08 Å². The van der Waals surface area contributed by atoms with Crippen molar-refractivity contribution in [1.29, 1.82) is 0 Å². The highest BCUT2D eigenvalue weighted by Gasteiger charge is 2.17. The van der Waals surface area contributed by atoms with E-state index in [4.69, 9.17) is 0 Å². The Hall–Kier alpha value is -2.07. The molecule has 0 aliphatic heterocycles. The Morgan fingerprint density at radius 2 is 1.67 bits per heavy atom. The molecule has 1 N–H and O–H groups in total. The molecule has 0 aromatic heterocycles. The van der Waals surface area contributed by atoms with Crippen LogP contribution in [0, 0.1) is 6.92 Å². The van der Waals surface area contributed by atoms with E-state index in [0.717, 1.165) is 23.2 Å². The maximum atomic E-state index is 12.4. The standard InChI is InChI=1S/C17H17NO2S/c1-13-6-10-17(11-7-13)21(19,20)18-16-9-8-14-4-2-3-5-15(14)12-16/h2-7,10-12,18H,8-9H2,1H3. The lowest BCUT2D eigenvalue weighted by atomic mass is 9.96. The van der Waals surface area contributed by atoms with Crippen LogP contribution in [-0.2, 0) is 16.4 Å². The first-order chi connectivity index (χ1) is 10.0. The normalized spacial score (nSPS) is 14.2. The summed E-state index contributed by atoms with van der Waals surface area (Å²) in [6.07, 6.45) is 3.49. The highest BCUT2D eigenvalue weighted by atomic mass is 32.2. The van der Waals surface area contributed by atoms with Crippen LogP contribution in [0.15, 0.2) is 59.1 Å². The molecule has 0 bridgehead atoms. The molecule has 0 radical (unpaired) electrons. The molecule has 3 nitrogen and oxygen atoms in total. The predicted octanol–water partition coefficient (Wildman–Crippen LogP) is 3.26. The number of hydrogen-bond donors (Lipinski definition) is 1. The summed E-state index contributed by atoms with van der Waals surface area (Å²) in [5.41, 5.74) is 4.13. The van der Waals surface area contributed by atoms with Crippen molar-refractivity contribution < 1.29 is 8.42 Å². The number of aryl methyl sites for hydroxylation is 2. The molecule has 3 rings (SSSR count). The monoisotopic (exact) mass is 299 g/mol. The molecule has 0 amide bonds. The van der Waals surface area contributed by atoms with Gasteiger partial charge in [-0.25, -0.2) is 8.42 Å². The Balaban J connectivity index is 1.87. The Bertz CT molecular complexity index is 790. The van der Waals surface area contributed by atoms with Gasteiger partial charge in [0, 0.05) is 5.70 Å². The highest BCUT2D eigenvalue weighted by Crippen LogP contribution is 2.23. The first kappa shape index (κ1) is 13.9. The summed E-state index contributed by atoms with van der Waals surface area (Å²) in [5, 5.41) is 0. The third-order valence-electron chi connectivity index (χ3n) is 3.65. The van der Waals surface area contributed by atoms with Crippen molar-refractivity contribution in [3.8, 4) is 0 Å². The van der Waals surface area contributed by atoms with E-state index >= 15 is 0 Å². The van der Waals surface area contributed by atoms with Crippen LogP contribution in [0.2, 0.25) is 0 Å². The lowest BCUT2D eigenvalue weighted by Crippen LogP contribution is -2.24. The van der Waals surface area contributed by atoms with Crippen molar-refractivity contribution in [2.45, 2.75) is 24.7 Å². The minimum absolute atomic E-state index is 0.299. The van der Waals surface area contributed by atoms with Crippen molar-refractivity contribution in [3.63, 3.8) is 0 Å². The van der Waals surface area contributed by atoms with Gasteiger partial charge >= 0.3 is 0 Å². The number of fused-ring (bicyclic) bond motifs is 1. The molecule has 108 valence electrons. The smallest absolute Gasteiger partial charge is 0.261 e. The minimum Gasteiger partial charge on any atom is -0.283 e. The molecule has 0 saturated heterocycles. The lowest BCUT2D eigenvalue weighted by Gasteiger charge is -2.18. The number of hydrogen-bond acceptors (Lipinski definition) is 2. The number of sulfonamides is 1. The zero-order valence-corrected chi connectivity index (χ0v) is 12.7. The van der Waals surface area contributed by atoms with Gasteiger partial charge in [0.05, 0.1) is 4.90 Å². The van der Waals surface area contributed by atoms with Gasteiger partial charge in [-0.15, -0.1) is 0 Å². The van der Waals surface area contributed by atoms with E-state index in [-0.39, 0.29) is 0 Å². The third kappa shape index (κ3) is 3.00. The maximum Gasteiger partial charge on any atom is 0.261 e. The molecule has 0 atom stereocenters. The number of benzene rings is 2. The molecule has 0 unspecified atom stereocenters. The van der Waals surface area contributed by atoms with Crippen molar-refractivity contribution in [2.75, 3.05) is 0 Å². The minimum atomic E-state index is -3.50. The molecule has 0 heterocycles. The average Bonchev–Trinajstić information content (AvgIpc) is 2.47. The predicted molar refractivity (Wildman–Crippen MR) is 84.2 cm³/mol. The zero-order chi connectivity index (χ0) is 14.9. The quantitative estimate of drug-likeness (QED) is 0.945. The molecule has 0 spiro atoms. The fourth-order valence-electron chi connectivity index (χ4n) is 2.46. The van der Waals surface area contributed by atoms with Crippen LogP contribution < -0.4 is 4.72 Å². The largest absolute Gasteiger partial charge is 0.283 e. The maximum absolute atomic E-state index is 12.4. The molecule has 0 saturated carbocycles. The first-order valence-corrected chi connectivity index (χ1v) is 8.41. The topological polar surface area (TPSA) is 46.2 Å². The third-order valence-corrected chi connectivity index (χ3v) is 5.07. The Morgan fingerprint density at radius 3 is 2.43 bits per heavy atom. The molecular weight excluding hydrogens is 282 g/mol. The van der Waals surface area contributed by atoms with E-state index in [2.05, 4.69) is 10.8 Å². The summed E-state index contributed by atoms with van der Waals surface area (Å²) in [5.74, 6) is 0. The number of allylic oxidation sites excluding steroid dienone is 1. The second-order valence-corrected chi connectivity index (χ2v) is 6.97. The Morgan fingerprint density at radius 1 is 0.952 bits per heavy atom. The van der Waals surface area contributed by atoms with Crippen LogP contribution >= 0.6 is 0 Å². The van der Waals surface area contributed by atoms with Crippen molar-refractivity contribution in [3.05, 3.63) is 70.9 Å². The molecule has 2 aromatic rings. The lowest BCUT2D eigenvalue weighted by molar-refractivity contribution is 0.587. The molecule has 2 aromatic carbocycles. The van der Waals surface area contributed by atoms with Crippen molar-refractivity contribution >= 4 is 16.1 Å². The molecule has 0 fully saturated rings. The van der Waals surface area contributed by atoms with Gasteiger partial charge < -0.3 is 0 Å². The van der Waals surface area contributed by atoms with E-state index in [1.807, 2.05) is 31.2 Å². The Kier molecular flexibility index (Phi) is 3.55. The van der Waals surface area contributed by atoms with Crippen LogP contribution in [0.1, 0.15) is 23.1 Å². The van der Waals surface area contributed by atoms with Gasteiger partial charge in [0.2, 0.25) is 0 Å². The Labute approximate surface area is 125 Å². The zero-order valence-electron chi connectivity index (χ0n) is 11.8. The van der Waals surface area contributed by atoms with E-state index in [0.29, 0.717) is 11.3 Å². The van der Waals surface area contributed by atoms with Crippen LogP contribution in [0.5, 0.6) is 0 Å². The van der Waals surface area contributed by atoms with Gasteiger partial charge in [-0.2, -0.15) is 0 Å². The fraction of sp³-hybridized carbons (Fsp3) is 0.176. The molecule has 1 aliphatic rings. The summed E-state index contributed by atoms with van der Waals surface area (Å²) in [7, 11) is -3.50. The van der Waals surface area contributed by atoms with Crippen LogP contribution in [0.3, 0.4) is 0 Å². The molecule has 4 heteroatoms. The van der Waals surface area contributed by atoms with Crippen molar-refractivity contribution in [1.82, 2.24) is 4.72 Å². The van der Waals surface area contributed by atoms with Gasteiger partial charge in [-0.1, -0.05) is 42.0 Å². The van der Waals surface area contributed by atoms with E-state index < -0.39 is 10.0 Å². The SMILES string of the molecule is Cc1ccc(S(=O)(=O)NC2=Cc3ccccc3CC2)cc1. The van der Waals surface area contributed by atoms with Crippen LogP contribution in [-0.4, -0.2) is 8.42 Å². The van der Waals surface area contributed by atoms with Crippen LogP contribution in [0.4, 0.5) is 0 Å². The summed E-state index contributed by atoms with van der Waals surface area (Å²) in [6.45, 7) is 1.93. The first-order valence-electron chi connectivity index (χ1n) is 6.92. The second kappa shape index (κ2) is 5.37. The molecular formula is C17H17NO2S. The summed E-state index contributed by atoms with van der Waals surface area (Å²) < 4.78 is 27.4. The fourth-order valence-corrected chi connectivity index (χ4v) is 3.58. The van der Waals surface area contributed by atoms with Crippen molar-refractivity contribution in [2.24, 2.45) is 0 Å². The van der Waals surface area contributed by atoms with Gasteiger partial charge in [0.25, 0.3) is 10.0 Å². The van der Waals surface area contributed by atoms with Gasteiger partial charge in [0.15, 0.2) is 0 Å². The second-order valence-electron chi connectivity index (χ2n) is 5.29. The number of nitrogens with one attached hydrogen (secondary N) is 1. The summed E-state index contributed by atoms with van der Waals surface area (Å²) >= 11 is 0. The summed E-state index contributed by atoms with van der Waals surface area (Å²) in [6, 6.07) is 14.9. The van der Waals surface area contributed by atoms with E-state index in [1.54, 1.807) is 24.3 Å². The van der Waals surface area contributed by atoms with E-state index in [1.165, 1.54) is 5.56 Å². The van der Waals surface area contributed by atoms with Gasteiger partial charge in [0.1, 0.15) is 0 Å². The van der Waals surface area contributed by atoms with Gasteiger partial charge in [-0.3, -0.25) is 4.72 Å². The van der Waals surface area contributed by atoms with Gasteiger partial charge in [-0.05, 0) is 49.1 Å².